The Bertz CT molecular complexity index is 706. The molecule has 0 aromatic heterocycles. The van der Waals surface area contributed by atoms with E-state index in [1.54, 1.807) is 17.0 Å². The molecule has 0 bridgehead atoms. The SMILES string of the molecule is CCOc1cc(/C=C2\SC(=S)N(CC)C2=O)cc(Cl)c1O[C@@H](C)CC. The van der Waals surface area contributed by atoms with Gasteiger partial charge < -0.3 is 9.47 Å². The van der Waals surface area contributed by atoms with Crippen molar-refractivity contribution in [2.45, 2.75) is 40.2 Å². The topological polar surface area (TPSA) is 38.8 Å². The fraction of sp³-hybridized carbons (Fsp3) is 0.444. The van der Waals surface area contributed by atoms with Gasteiger partial charge in [0.2, 0.25) is 0 Å². The molecule has 7 heteroatoms. The summed E-state index contributed by atoms with van der Waals surface area (Å²) in [5.74, 6) is 1.04. The van der Waals surface area contributed by atoms with Crippen molar-refractivity contribution < 1.29 is 14.3 Å². The number of carbonyl (C=O) groups excluding carboxylic acids is 1. The van der Waals surface area contributed by atoms with Gasteiger partial charge in [0.1, 0.15) is 4.32 Å². The Labute approximate surface area is 163 Å². The van der Waals surface area contributed by atoms with Crippen molar-refractivity contribution in [1.82, 2.24) is 4.90 Å². The molecule has 1 fully saturated rings. The highest BCUT2D eigenvalue weighted by Crippen LogP contribution is 2.39. The van der Waals surface area contributed by atoms with E-state index < -0.39 is 0 Å². The maximum atomic E-state index is 12.4. The van der Waals surface area contributed by atoms with Crippen LogP contribution in [0.5, 0.6) is 11.5 Å². The highest BCUT2D eigenvalue weighted by Gasteiger charge is 2.30. The average Bonchev–Trinajstić information content (AvgIpc) is 2.84. The second-order valence-corrected chi connectivity index (χ2v) is 7.61. The summed E-state index contributed by atoms with van der Waals surface area (Å²) in [4.78, 5) is 14.5. The first kappa shape index (κ1) is 20.1. The van der Waals surface area contributed by atoms with Crippen molar-refractivity contribution in [3.63, 3.8) is 0 Å². The van der Waals surface area contributed by atoms with E-state index in [0.29, 0.717) is 38.9 Å². The normalized spacial score (nSPS) is 17.3. The van der Waals surface area contributed by atoms with Crippen LogP contribution in [0.15, 0.2) is 17.0 Å². The molecule has 1 aliphatic heterocycles. The Morgan fingerprint density at radius 1 is 1.36 bits per heavy atom. The largest absolute Gasteiger partial charge is 0.490 e. The molecule has 0 unspecified atom stereocenters. The van der Waals surface area contributed by atoms with E-state index in [0.717, 1.165) is 12.0 Å². The van der Waals surface area contributed by atoms with Crippen LogP contribution >= 0.6 is 35.6 Å². The first-order valence-electron chi connectivity index (χ1n) is 8.29. The molecule has 0 N–H and O–H groups in total. The summed E-state index contributed by atoms with van der Waals surface area (Å²) < 4.78 is 12.2. The van der Waals surface area contributed by atoms with Crippen LogP contribution < -0.4 is 9.47 Å². The molecular formula is C18H22ClNO3S2. The molecule has 0 spiro atoms. The van der Waals surface area contributed by atoms with Crippen LogP contribution in [0.4, 0.5) is 0 Å². The minimum Gasteiger partial charge on any atom is -0.490 e. The Morgan fingerprint density at radius 3 is 2.64 bits per heavy atom. The second kappa shape index (κ2) is 8.92. The molecule has 25 heavy (non-hydrogen) atoms. The number of halogens is 1. The van der Waals surface area contributed by atoms with Crippen LogP contribution in [0.1, 0.15) is 39.7 Å². The van der Waals surface area contributed by atoms with Crippen molar-refractivity contribution in [3.8, 4) is 11.5 Å². The van der Waals surface area contributed by atoms with Gasteiger partial charge in [0.15, 0.2) is 11.5 Å². The Morgan fingerprint density at radius 2 is 2.08 bits per heavy atom. The van der Waals surface area contributed by atoms with Gasteiger partial charge in [-0.1, -0.05) is 42.5 Å². The van der Waals surface area contributed by atoms with Gasteiger partial charge in [-0.15, -0.1) is 0 Å². The Kier molecular flexibility index (Phi) is 7.16. The third-order valence-corrected chi connectivity index (χ3v) is 5.37. The third kappa shape index (κ3) is 4.68. The maximum absolute atomic E-state index is 12.4. The predicted octanol–water partition coefficient (Wildman–Crippen LogP) is 5.14. The fourth-order valence-corrected chi connectivity index (χ4v) is 3.90. The summed E-state index contributed by atoms with van der Waals surface area (Å²) >= 11 is 13.0. The van der Waals surface area contributed by atoms with Crippen molar-refractivity contribution in [2.24, 2.45) is 0 Å². The Hall–Kier alpha value is -1.24. The van der Waals surface area contributed by atoms with Crippen LogP contribution in [0.2, 0.25) is 5.02 Å². The molecule has 136 valence electrons. The smallest absolute Gasteiger partial charge is 0.266 e. The maximum Gasteiger partial charge on any atom is 0.266 e. The summed E-state index contributed by atoms with van der Waals surface area (Å²) in [6, 6.07) is 3.62. The molecule has 4 nitrogen and oxygen atoms in total. The zero-order valence-corrected chi connectivity index (χ0v) is 17.2. The van der Waals surface area contributed by atoms with Crippen molar-refractivity contribution in [3.05, 3.63) is 27.6 Å². The van der Waals surface area contributed by atoms with E-state index in [2.05, 4.69) is 0 Å². The lowest BCUT2D eigenvalue weighted by molar-refractivity contribution is -0.121. The first-order valence-corrected chi connectivity index (χ1v) is 9.89. The van der Waals surface area contributed by atoms with Gasteiger partial charge in [0.25, 0.3) is 5.91 Å². The summed E-state index contributed by atoms with van der Waals surface area (Å²) in [5, 5.41) is 0.462. The predicted molar refractivity (Wildman–Crippen MR) is 109 cm³/mol. The van der Waals surface area contributed by atoms with Gasteiger partial charge in [-0.2, -0.15) is 0 Å². The monoisotopic (exact) mass is 399 g/mol. The van der Waals surface area contributed by atoms with Gasteiger partial charge in [0, 0.05) is 6.54 Å². The molecular weight excluding hydrogens is 378 g/mol. The quantitative estimate of drug-likeness (QED) is 0.469. The van der Waals surface area contributed by atoms with E-state index in [1.807, 2.05) is 33.8 Å². The van der Waals surface area contributed by atoms with Gasteiger partial charge in [-0.05, 0) is 51.0 Å². The molecule has 0 saturated carbocycles. The molecule has 1 aromatic carbocycles. The van der Waals surface area contributed by atoms with Crippen LogP contribution in [0.25, 0.3) is 6.08 Å². The molecule has 0 radical (unpaired) electrons. The van der Waals surface area contributed by atoms with Gasteiger partial charge in [-0.25, -0.2) is 0 Å². The standard InChI is InChI=1S/C18H22ClNO3S2/c1-5-11(4)23-16-13(19)8-12(9-14(16)22-7-3)10-15-17(21)20(6-2)18(24)25-15/h8-11H,5-7H2,1-4H3/b15-10-/t11-/m0/s1. The van der Waals surface area contributed by atoms with Crippen LogP contribution in [0.3, 0.4) is 0 Å². The zero-order valence-electron chi connectivity index (χ0n) is 14.8. The first-order chi connectivity index (χ1) is 11.9. The van der Waals surface area contributed by atoms with Crippen molar-refractivity contribution in [1.29, 1.82) is 0 Å². The van der Waals surface area contributed by atoms with Crippen molar-refractivity contribution >= 4 is 51.9 Å². The van der Waals surface area contributed by atoms with Crippen LogP contribution in [-0.2, 0) is 4.79 Å². The number of nitrogens with zero attached hydrogens (tertiary/aromatic N) is 1. The number of thioether (sulfide) groups is 1. The molecule has 0 aliphatic carbocycles. The number of carbonyl (C=O) groups is 1. The number of likely N-dealkylation sites (N-methyl/N-ethyl adjacent to an activating group) is 1. The molecule has 2 rings (SSSR count). The molecule has 1 aromatic rings. The zero-order chi connectivity index (χ0) is 18.6. The van der Waals surface area contributed by atoms with Gasteiger partial charge in [0.05, 0.1) is 22.6 Å². The summed E-state index contributed by atoms with van der Waals surface area (Å²) in [6.07, 6.45) is 2.68. The minimum absolute atomic E-state index is 0.0309. The molecule has 1 saturated heterocycles. The number of rotatable bonds is 7. The lowest BCUT2D eigenvalue weighted by Gasteiger charge is -2.18. The lowest BCUT2D eigenvalue weighted by atomic mass is 10.1. The number of amides is 1. The highest BCUT2D eigenvalue weighted by molar-refractivity contribution is 8.26. The summed E-state index contributed by atoms with van der Waals surface area (Å²) in [6.45, 7) is 8.89. The van der Waals surface area contributed by atoms with E-state index in [4.69, 9.17) is 33.3 Å². The number of ether oxygens (including phenoxy) is 2. The minimum atomic E-state index is -0.0773. The molecule has 1 atom stereocenters. The van der Waals surface area contributed by atoms with Gasteiger partial charge in [-0.3, -0.25) is 9.69 Å². The van der Waals surface area contributed by atoms with Crippen LogP contribution in [0, 0.1) is 0 Å². The second-order valence-electron chi connectivity index (χ2n) is 5.53. The number of hydrogen-bond acceptors (Lipinski definition) is 5. The third-order valence-electron chi connectivity index (χ3n) is 3.71. The number of hydrogen-bond donors (Lipinski definition) is 0. The fourth-order valence-electron chi connectivity index (χ4n) is 2.26. The van der Waals surface area contributed by atoms with E-state index in [-0.39, 0.29) is 12.0 Å². The lowest BCUT2D eigenvalue weighted by Crippen LogP contribution is -2.27. The van der Waals surface area contributed by atoms with E-state index in [9.17, 15) is 4.79 Å². The highest BCUT2D eigenvalue weighted by atomic mass is 35.5. The van der Waals surface area contributed by atoms with Gasteiger partial charge >= 0.3 is 0 Å². The summed E-state index contributed by atoms with van der Waals surface area (Å²) in [5.41, 5.74) is 0.779. The Balaban J connectivity index is 2.38. The van der Waals surface area contributed by atoms with Crippen LogP contribution in [-0.4, -0.2) is 34.4 Å². The number of benzene rings is 1. The average molecular weight is 400 g/mol. The number of thiocarbonyl (C=S) groups is 1. The van der Waals surface area contributed by atoms with E-state index in [1.165, 1.54) is 11.8 Å². The molecule has 1 aliphatic rings. The molecule has 1 amide bonds. The van der Waals surface area contributed by atoms with E-state index >= 15 is 0 Å². The van der Waals surface area contributed by atoms with Crippen molar-refractivity contribution in [2.75, 3.05) is 13.2 Å². The summed E-state index contributed by atoms with van der Waals surface area (Å²) in [7, 11) is 0. The molecule has 1 heterocycles.